The van der Waals surface area contributed by atoms with Crippen LogP contribution in [0, 0.1) is 0 Å². The molecule has 1 aromatic carbocycles. The molecule has 0 saturated heterocycles. The predicted molar refractivity (Wildman–Crippen MR) is 79.9 cm³/mol. The Balaban J connectivity index is 2.72. The van der Waals surface area contributed by atoms with E-state index in [4.69, 9.17) is 5.73 Å². The van der Waals surface area contributed by atoms with E-state index in [2.05, 4.69) is 31.0 Å². The molecule has 0 spiro atoms. The van der Waals surface area contributed by atoms with Crippen LogP contribution in [0.25, 0.3) is 0 Å². The molecule has 0 heterocycles. The number of hydrogen-bond acceptors (Lipinski definition) is 3. The summed E-state index contributed by atoms with van der Waals surface area (Å²) in [7, 11) is 0. The highest BCUT2D eigenvalue weighted by Gasteiger charge is 2.22. The minimum atomic E-state index is -0.147. The summed E-state index contributed by atoms with van der Waals surface area (Å²) in [4.78, 5) is 14.4. The number of nitrogens with two attached hydrogens (primary N) is 1. The van der Waals surface area contributed by atoms with Gasteiger partial charge < -0.3 is 11.1 Å². The van der Waals surface area contributed by atoms with Crippen LogP contribution >= 0.6 is 0 Å². The van der Waals surface area contributed by atoms with E-state index in [0.717, 1.165) is 17.8 Å². The lowest BCUT2D eigenvalue weighted by atomic mass is 10.1. The fourth-order valence-corrected chi connectivity index (χ4v) is 2.26. The number of anilines is 1. The summed E-state index contributed by atoms with van der Waals surface area (Å²) >= 11 is 0. The average molecular weight is 263 g/mol. The Kier molecular flexibility index (Phi) is 5.99. The second kappa shape index (κ2) is 7.26. The first-order chi connectivity index (χ1) is 8.99. The number of carbonyl (C=O) groups is 1. The molecule has 4 heteroatoms. The molecule has 4 nitrogen and oxygen atoms in total. The van der Waals surface area contributed by atoms with Gasteiger partial charge in [0.2, 0.25) is 5.91 Å². The van der Waals surface area contributed by atoms with Gasteiger partial charge in [-0.1, -0.05) is 19.1 Å². The van der Waals surface area contributed by atoms with E-state index in [1.807, 2.05) is 31.2 Å². The first-order valence-electron chi connectivity index (χ1n) is 6.85. The molecule has 0 aliphatic rings. The van der Waals surface area contributed by atoms with Crippen LogP contribution < -0.4 is 11.1 Å². The summed E-state index contributed by atoms with van der Waals surface area (Å²) in [6, 6.07) is 7.85. The van der Waals surface area contributed by atoms with Crippen LogP contribution in [-0.4, -0.2) is 29.4 Å². The van der Waals surface area contributed by atoms with Gasteiger partial charge >= 0.3 is 0 Å². The van der Waals surface area contributed by atoms with E-state index in [9.17, 15) is 4.79 Å². The van der Waals surface area contributed by atoms with Gasteiger partial charge in [0.25, 0.3) is 0 Å². The minimum absolute atomic E-state index is 0.0183. The maximum absolute atomic E-state index is 12.2. The molecule has 1 aromatic rings. The Bertz CT molecular complexity index is 418. The summed E-state index contributed by atoms with van der Waals surface area (Å²) in [6.45, 7) is 9.54. The number of nitrogens with zero attached hydrogens (tertiary/aromatic N) is 1. The zero-order valence-electron chi connectivity index (χ0n) is 12.3. The number of likely N-dealkylation sites (N-methyl/N-ethyl adjacent to an activating group) is 1. The Labute approximate surface area is 116 Å². The van der Waals surface area contributed by atoms with Gasteiger partial charge in [-0.15, -0.1) is 0 Å². The van der Waals surface area contributed by atoms with Crippen LogP contribution in [0.15, 0.2) is 24.3 Å². The zero-order chi connectivity index (χ0) is 14.4. The number of carbonyl (C=O) groups excluding carboxylic acids is 1. The molecule has 19 heavy (non-hydrogen) atoms. The third-order valence-electron chi connectivity index (χ3n) is 3.34. The van der Waals surface area contributed by atoms with Crippen LogP contribution in [0.2, 0.25) is 0 Å². The van der Waals surface area contributed by atoms with Crippen LogP contribution in [-0.2, 0) is 11.3 Å². The standard InChI is InChI=1S/C15H25N3O/c1-5-18(11(2)3)12(4)15(19)17-14-8-6-7-13(9-14)10-16/h6-9,11-12H,5,10,16H2,1-4H3,(H,17,19). The lowest BCUT2D eigenvalue weighted by molar-refractivity contribution is -0.121. The summed E-state index contributed by atoms with van der Waals surface area (Å²) in [5.41, 5.74) is 7.42. The molecule has 1 atom stereocenters. The summed E-state index contributed by atoms with van der Waals surface area (Å²) < 4.78 is 0. The fourth-order valence-electron chi connectivity index (χ4n) is 2.26. The molecular weight excluding hydrogens is 238 g/mol. The van der Waals surface area contributed by atoms with E-state index in [1.165, 1.54) is 0 Å². The van der Waals surface area contributed by atoms with Crippen LogP contribution in [0.3, 0.4) is 0 Å². The first kappa shape index (κ1) is 15.7. The number of hydrogen-bond donors (Lipinski definition) is 2. The lowest BCUT2D eigenvalue weighted by Gasteiger charge is -2.30. The van der Waals surface area contributed by atoms with Crippen molar-refractivity contribution in [3.8, 4) is 0 Å². The molecule has 1 amide bonds. The van der Waals surface area contributed by atoms with Crippen molar-refractivity contribution in [1.82, 2.24) is 4.90 Å². The molecule has 0 radical (unpaired) electrons. The highest BCUT2D eigenvalue weighted by atomic mass is 16.2. The Morgan fingerprint density at radius 1 is 1.37 bits per heavy atom. The Morgan fingerprint density at radius 2 is 2.05 bits per heavy atom. The molecule has 0 fully saturated rings. The first-order valence-corrected chi connectivity index (χ1v) is 6.85. The van der Waals surface area contributed by atoms with Crippen molar-refractivity contribution in [3.05, 3.63) is 29.8 Å². The highest BCUT2D eigenvalue weighted by Crippen LogP contribution is 2.12. The minimum Gasteiger partial charge on any atom is -0.326 e. The number of benzene rings is 1. The van der Waals surface area contributed by atoms with Crippen molar-refractivity contribution in [2.45, 2.75) is 46.3 Å². The molecular formula is C15H25N3O. The fraction of sp³-hybridized carbons (Fsp3) is 0.533. The molecule has 106 valence electrons. The van der Waals surface area contributed by atoms with Crippen molar-refractivity contribution >= 4 is 11.6 Å². The monoisotopic (exact) mass is 263 g/mol. The maximum Gasteiger partial charge on any atom is 0.241 e. The summed E-state index contributed by atoms with van der Waals surface area (Å²) in [5, 5.41) is 2.95. The van der Waals surface area contributed by atoms with Crippen molar-refractivity contribution < 1.29 is 4.79 Å². The van der Waals surface area contributed by atoms with Crippen LogP contribution in [0.1, 0.15) is 33.3 Å². The van der Waals surface area contributed by atoms with Gasteiger partial charge in [0.1, 0.15) is 0 Å². The van der Waals surface area contributed by atoms with Gasteiger partial charge in [0, 0.05) is 18.3 Å². The second-order valence-corrected chi connectivity index (χ2v) is 4.99. The summed E-state index contributed by atoms with van der Waals surface area (Å²) in [5.74, 6) is 0.0183. The molecule has 0 bridgehead atoms. The molecule has 0 aliphatic carbocycles. The van der Waals surface area contributed by atoms with Crippen molar-refractivity contribution in [1.29, 1.82) is 0 Å². The largest absolute Gasteiger partial charge is 0.326 e. The lowest BCUT2D eigenvalue weighted by Crippen LogP contribution is -2.45. The average Bonchev–Trinajstić information content (AvgIpc) is 2.39. The van der Waals surface area contributed by atoms with E-state index in [1.54, 1.807) is 0 Å². The predicted octanol–water partition coefficient (Wildman–Crippen LogP) is 2.20. The number of amides is 1. The summed E-state index contributed by atoms with van der Waals surface area (Å²) in [6.07, 6.45) is 0. The smallest absolute Gasteiger partial charge is 0.241 e. The van der Waals surface area contributed by atoms with E-state index in [0.29, 0.717) is 12.6 Å². The molecule has 3 N–H and O–H groups in total. The Hall–Kier alpha value is -1.39. The number of nitrogens with one attached hydrogen (secondary N) is 1. The normalized spacial score (nSPS) is 12.8. The molecule has 0 aliphatic heterocycles. The zero-order valence-corrected chi connectivity index (χ0v) is 12.3. The third-order valence-corrected chi connectivity index (χ3v) is 3.34. The second-order valence-electron chi connectivity index (χ2n) is 4.99. The van der Waals surface area contributed by atoms with Crippen LogP contribution in [0.5, 0.6) is 0 Å². The van der Waals surface area contributed by atoms with E-state index < -0.39 is 0 Å². The third kappa shape index (κ3) is 4.33. The van der Waals surface area contributed by atoms with Gasteiger partial charge in [0.05, 0.1) is 6.04 Å². The van der Waals surface area contributed by atoms with Gasteiger partial charge in [-0.05, 0) is 45.0 Å². The molecule has 1 rings (SSSR count). The topological polar surface area (TPSA) is 58.4 Å². The maximum atomic E-state index is 12.2. The molecule has 0 aromatic heterocycles. The van der Waals surface area contributed by atoms with Crippen LogP contribution in [0.4, 0.5) is 5.69 Å². The highest BCUT2D eigenvalue weighted by molar-refractivity contribution is 5.94. The van der Waals surface area contributed by atoms with Gasteiger partial charge in [-0.25, -0.2) is 0 Å². The van der Waals surface area contributed by atoms with E-state index >= 15 is 0 Å². The van der Waals surface area contributed by atoms with Gasteiger partial charge in [-0.2, -0.15) is 0 Å². The quantitative estimate of drug-likeness (QED) is 0.827. The molecule has 1 unspecified atom stereocenters. The SMILES string of the molecule is CCN(C(C)C)C(C)C(=O)Nc1cccc(CN)c1. The van der Waals surface area contributed by atoms with Gasteiger partial charge in [0.15, 0.2) is 0 Å². The van der Waals surface area contributed by atoms with Crippen molar-refractivity contribution in [3.63, 3.8) is 0 Å². The Morgan fingerprint density at radius 3 is 2.58 bits per heavy atom. The van der Waals surface area contributed by atoms with Crippen molar-refractivity contribution in [2.24, 2.45) is 5.73 Å². The van der Waals surface area contributed by atoms with Crippen molar-refractivity contribution in [2.75, 3.05) is 11.9 Å². The van der Waals surface area contributed by atoms with Gasteiger partial charge in [-0.3, -0.25) is 9.69 Å². The van der Waals surface area contributed by atoms with E-state index in [-0.39, 0.29) is 11.9 Å². The molecule has 0 saturated carbocycles. The number of rotatable bonds is 6.